The Kier molecular flexibility index (Phi) is 5.86. The first kappa shape index (κ1) is 22.4. The smallest absolute Gasteiger partial charge is 0.350 e. The summed E-state index contributed by atoms with van der Waals surface area (Å²) in [5.74, 6) is -3.40. The summed E-state index contributed by atoms with van der Waals surface area (Å²) in [6.45, 7) is 3.37. The number of aryl methyl sites for hydroxylation is 2. The number of ether oxygens (including phenoxy) is 2. The largest absolute Gasteiger partial charge is 0.496 e. The summed E-state index contributed by atoms with van der Waals surface area (Å²) < 4.78 is 15.5. The average molecular weight is 468 g/mol. The van der Waals surface area contributed by atoms with E-state index in [4.69, 9.17) is 13.9 Å². The van der Waals surface area contributed by atoms with Crippen molar-refractivity contribution in [2.24, 2.45) is 5.92 Å². The molecular weight excluding hydrogens is 448 g/mol. The predicted octanol–water partition coefficient (Wildman–Crippen LogP) is 3.30. The Morgan fingerprint density at radius 2 is 1.91 bits per heavy atom. The van der Waals surface area contributed by atoms with Crippen LogP contribution >= 0.6 is 11.3 Å². The fraction of sp³-hybridized carbons (Fsp3) is 0.261. The maximum absolute atomic E-state index is 13.5. The lowest BCUT2D eigenvalue weighted by atomic mass is 9.88. The van der Waals surface area contributed by atoms with Crippen LogP contribution in [0.2, 0.25) is 0 Å². The number of aromatic nitrogens is 1. The van der Waals surface area contributed by atoms with Gasteiger partial charge in [0.05, 0.1) is 26.2 Å². The third kappa shape index (κ3) is 3.72. The van der Waals surface area contributed by atoms with Crippen LogP contribution in [0, 0.1) is 19.8 Å². The van der Waals surface area contributed by atoms with Crippen molar-refractivity contribution < 1.29 is 33.1 Å². The van der Waals surface area contributed by atoms with Crippen molar-refractivity contribution in [1.29, 1.82) is 0 Å². The topological polar surface area (TPSA) is 116 Å². The second-order valence-corrected chi connectivity index (χ2v) is 8.41. The molecule has 3 aromatic rings. The summed E-state index contributed by atoms with van der Waals surface area (Å²) in [6.07, 6.45) is 1.40. The number of ketones is 2. The fourth-order valence-corrected chi connectivity index (χ4v) is 4.89. The van der Waals surface area contributed by atoms with Gasteiger partial charge in [0.1, 0.15) is 28.3 Å². The van der Waals surface area contributed by atoms with Crippen LogP contribution in [-0.4, -0.2) is 42.6 Å². The van der Waals surface area contributed by atoms with Gasteiger partial charge in [-0.1, -0.05) is 11.3 Å². The molecule has 0 spiro atoms. The van der Waals surface area contributed by atoms with E-state index in [0.717, 1.165) is 16.2 Å². The molecule has 1 aliphatic rings. The number of carbonyl (C=O) groups excluding carboxylic acids is 4. The summed E-state index contributed by atoms with van der Waals surface area (Å²) in [5.41, 5.74) is 1.33. The van der Waals surface area contributed by atoms with Crippen molar-refractivity contribution >= 4 is 39.9 Å². The zero-order valence-corrected chi connectivity index (χ0v) is 19.1. The third-order valence-electron chi connectivity index (χ3n) is 5.46. The minimum atomic E-state index is -1.35. The summed E-state index contributed by atoms with van der Waals surface area (Å²) in [5, 5.41) is 0.105. The number of hydrogen-bond donors (Lipinski definition) is 0. The fourth-order valence-electron chi connectivity index (χ4n) is 3.87. The van der Waals surface area contributed by atoms with Gasteiger partial charge in [0.2, 0.25) is 5.78 Å². The molecule has 170 valence electrons. The quantitative estimate of drug-likeness (QED) is 0.234. The zero-order chi connectivity index (χ0) is 23.9. The second-order valence-electron chi connectivity index (χ2n) is 7.43. The van der Waals surface area contributed by atoms with Gasteiger partial charge in [-0.3, -0.25) is 19.3 Å². The summed E-state index contributed by atoms with van der Waals surface area (Å²) >= 11 is 0.911. The van der Waals surface area contributed by atoms with E-state index in [1.807, 2.05) is 0 Å². The van der Waals surface area contributed by atoms with Crippen LogP contribution in [0.15, 0.2) is 41.0 Å². The minimum absolute atomic E-state index is 0.105. The van der Waals surface area contributed by atoms with Gasteiger partial charge in [-0.15, -0.1) is 0 Å². The molecular formula is C23H20N2O7S. The van der Waals surface area contributed by atoms with Crippen LogP contribution in [0.25, 0.3) is 0 Å². The SMILES string of the molecule is COC(=O)c1sc(N2C(=O)C(=O)C(C(=O)c3ccc(OC)c(C)c3)C2c2ccco2)nc1C. The van der Waals surface area contributed by atoms with Crippen molar-refractivity contribution in [2.75, 3.05) is 19.1 Å². The number of nitrogens with zero attached hydrogens (tertiary/aromatic N) is 2. The minimum Gasteiger partial charge on any atom is -0.496 e. The predicted molar refractivity (Wildman–Crippen MR) is 118 cm³/mol. The molecule has 0 saturated carbocycles. The third-order valence-corrected chi connectivity index (χ3v) is 6.60. The van der Waals surface area contributed by atoms with Crippen molar-refractivity contribution in [3.8, 4) is 5.75 Å². The molecule has 0 aliphatic carbocycles. The highest BCUT2D eigenvalue weighted by molar-refractivity contribution is 7.17. The summed E-state index contributed by atoms with van der Waals surface area (Å²) in [6, 6.07) is 6.94. The van der Waals surface area contributed by atoms with Crippen LogP contribution in [0.5, 0.6) is 5.75 Å². The van der Waals surface area contributed by atoms with Crippen molar-refractivity contribution in [2.45, 2.75) is 19.9 Å². The van der Waals surface area contributed by atoms with Crippen LogP contribution in [-0.2, 0) is 14.3 Å². The molecule has 1 aliphatic heterocycles. The van der Waals surface area contributed by atoms with Crippen LogP contribution in [0.4, 0.5) is 5.13 Å². The number of Topliss-reactive ketones (excluding diaryl/α,β-unsaturated/α-hetero) is 2. The van der Waals surface area contributed by atoms with Crippen LogP contribution in [0.3, 0.4) is 0 Å². The van der Waals surface area contributed by atoms with Gasteiger partial charge in [-0.2, -0.15) is 0 Å². The van der Waals surface area contributed by atoms with Gasteiger partial charge in [0, 0.05) is 5.56 Å². The molecule has 2 unspecified atom stereocenters. The Hall–Kier alpha value is -3.79. The van der Waals surface area contributed by atoms with E-state index >= 15 is 0 Å². The number of thiazole rings is 1. The van der Waals surface area contributed by atoms with Gasteiger partial charge >= 0.3 is 5.97 Å². The number of methoxy groups -OCH3 is 2. The highest BCUT2D eigenvalue weighted by Gasteiger charge is 2.54. The molecule has 0 radical (unpaired) electrons. The Balaban J connectivity index is 1.81. The van der Waals surface area contributed by atoms with E-state index in [0.29, 0.717) is 17.0 Å². The average Bonchev–Trinajstić information content (AvgIpc) is 3.52. The van der Waals surface area contributed by atoms with Crippen molar-refractivity contribution in [3.05, 3.63) is 64.1 Å². The lowest BCUT2D eigenvalue weighted by Gasteiger charge is -2.22. The molecule has 4 rings (SSSR count). The van der Waals surface area contributed by atoms with Crippen LogP contribution < -0.4 is 9.64 Å². The first-order valence-corrected chi connectivity index (χ1v) is 10.8. The van der Waals surface area contributed by atoms with E-state index in [1.165, 1.54) is 20.5 Å². The van der Waals surface area contributed by atoms with Gasteiger partial charge in [-0.05, 0) is 49.7 Å². The lowest BCUT2D eigenvalue weighted by Crippen LogP contribution is -2.30. The van der Waals surface area contributed by atoms with E-state index in [9.17, 15) is 19.2 Å². The van der Waals surface area contributed by atoms with Gasteiger partial charge in [0.25, 0.3) is 5.91 Å². The maximum atomic E-state index is 13.5. The van der Waals surface area contributed by atoms with E-state index in [-0.39, 0.29) is 21.3 Å². The van der Waals surface area contributed by atoms with E-state index in [2.05, 4.69) is 4.98 Å². The maximum Gasteiger partial charge on any atom is 0.350 e. The first-order valence-electron chi connectivity index (χ1n) is 9.93. The van der Waals surface area contributed by atoms with E-state index in [1.54, 1.807) is 44.2 Å². The molecule has 0 bridgehead atoms. The Morgan fingerprint density at radius 3 is 2.52 bits per heavy atom. The number of carbonyl (C=O) groups is 4. The highest BCUT2D eigenvalue weighted by atomic mass is 32.1. The number of amides is 1. The Bertz CT molecular complexity index is 1260. The molecule has 1 aromatic carbocycles. The lowest BCUT2D eigenvalue weighted by molar-refractivity contribution is -0.135. The van der Waals surface area contributed by atoms with Crippen molar-refractivity contribution in [1.82, 2.24) is 4.98 Å². The molecule has 3 heterocycles. The number of esters is 1. The number of benzene rings is 1. The molecule has 10 heteroatoms. The van der Waals surface area contributed by atoms with Crippen LogP contribution in [0.1, 0.15) is 43.1 Å². The van der Waals surface area contributed by atoms with Gasteiger partial charge in [0.15, 0.2) is 10.9 Å². The molecule has 2 atom stereocenters. The molecule has 2 aromatic heterocycles. The van der Waals surface area contributed by atoms with E-state index < -0.39 is 35.4 Å². The Labute approximate surface area is 192 Å². The van der Waals surface area contributed by atoms with Gasteiger partial charge in [-0.25, -0.2) is 9.78 Å². The second kappa shape index (κ2) is 8.62. The molecule has 1 fully saturated rings. The monoisotopic (exact) mass is 468 g/mol. The Morgan fingerprint density at radius 1 is 1.15 bits per heavy atom. The summed E-state index contributed by atoms with van der Waals surface area (Å²) in [7, 11) is 2.76. The first-order chi connectivity index (χ1) is 15.8. The molecule has 0 N–H and O–H groups in total. The zero-order valence-electron chi connectivity index (χ0n) is 18.3. The molecule has 1 saturated heterocycles. The standard InChI is InChI=1S/C23H20N2O7S/c1-11-10-13(7-8-14(11)30-3)18(26)16-17(15-6-5-9-32-15)25(21(28)19(16)27)23-24-12(2)20(33-23)22(29)31-4/h5-10,16-17H,1-4H3. The highest BCUT2D eigenvalue weighted by Crippen LogP contribution is 2.43. The number of anilines is 1. The normalized spacial score (nSPS) is 18.0. The number of furan rings is 1. The summed E-state index contributed by atoms with van der Waals surface area (Å²) in [4.78, 5) is 57.4. The number of hydrogen-bond acceptors (Lipinski definition) is 9. The van der Waals surface area contributed by atoms with Crippen molar-refractivity contribution in [3.63, 3.8) is 0 Å². The van der Waals surface area contributed by atoms with Gasteiger partial charge < -0.3 is 13.9 Å². The number of rotatable bonds is 6. The molecule has 9 nitrogen and oxygen atoms in total. The molecule has 1 amide bonds. The molecule has 33 heavy (non-hydrogen) atoms.